The second-order valence-corrected chi connectivity index (χ2v) is 29.3. The molecule has 0 saturated carbocycles. The number of hydrogen-bond donors (Lipinski definition) is 0. The molecule has 0 unspecified atom stereocenters. The Labute approximate surface area is 669 Å². The zero-order chi connectivity index (χ0) is 76.4. The smallest absolute Gasteiger partial charge is 0.0970 e. The highest BCUT2D eigenvalue weighted by molar-refractivity contribution is 6.22. The molecule has 0 radical (unpaired) electrons. The van der Waals surface area contributed by atoms with Crippen LogP contribution in [0.1, 0.15) is 22.3 Å². The molecule has 115 heavy (non-hydrogen) atoms. The van der Waals surface area contributed by atoms with E-state index in [1.54, 1.807) is 0 Å². The van der Waals surface area contributed by atoms with E-state index in [9.17, 15) is 0 Å². The van der Waals surface area contributed by atoms with Gasteiger partial charge in [-0.3, -0.25) is 9.97 Å². The number of rotatable bonds is 12. The van der Waals surface area contributed by atoms with E-state index in [-0.39, 0.29) is 0 Å². The zero-order valence-electron chi connectivity index (χ0n) is 63.2. The van der Waals surface area contributed by atoms with E-state index in [4.69, 9.17) is 0 Å². The van der Waals surface area contributed by atoms with Gasteiger partial charge in [0, 0.05) is 56.7 Å². The SMILES string of the molecule is c1ccc(-c2c3ccccc3c(-c3ccc(-c4ccc5c(c4)c4ccccc4n5-c4ccccc4)cc3)c3ccccc23)cc1.c1ccc(-c2ccc(N(c3ccccc3)c3ccc(C4(c5ccccc5)c5ccccc5-c5ccccc54)cc3)cc2)cc1.c1ccc(-c2ccnc3c2ccc2c(-c4ccccc4)ccnc23)cc1. The lowest BCUT2D eigenvalue weighted by atomic mass is 9.68. The third-order valence-electron chi connectivity index (χ3n) is 22.9. The summed E-state index contributed by atoms with van der Waals surface area (Å²) in [7, 11) is 0. The first kappa shape index (κ1) is 69.1. The van der Waals surface area contributed by atoms with E-state index in [0.717, 1.165) is 38.9 Å². The Hall–Kier alpha value is -15.1. The van der Waals surface area contributed by atoms with E-state index in [1.165, 1.54) is 149 Å². The average molecular weight is 1470 g/mol. The maximum absolute atomic E-state index is 4.67. The molecule has 1 aliphatic rings. The van der Waals surface area contributed by atoms with Crippen LogP contribution in [0.2, 0.25) is 0 Å². The van der Waals surface area contributed by atoms with Crippen molar-refractivity contribution in [1.29, 1.82) is 0 Å². The number of para-hydroxylation sites is 3. The minimum atomic E-state index is -0.401. The van der Waals surface area contributed by atoms with Gasteiger partial charge in [0.1, 0.15) is 0 Å². The molecule has 0 spiro atoms. The first-order valence-electron chi connectivity index (χ1n) is 39.4. The number of fused-ring (bicyclic) bond motifs is 11. The van der Waals surface area contributed by atoms with Crippen LogP contribution in [0.4, 0.5) is 17.1 Å². The zero-order valence-corrected chi connectivity index (χ0v) is 63.2. The van der Waals surface area contributed by atoms with Crippen molar-refractivity contribution in [3.8, 4) is 83.6 Å². The lowest BCUT2D eigenvalue weighted by molar-refractivity contribution is 0.768. The Bertz CT molecular complexity index is 6870. The van der Waals surface area contributed by atoms with Crippen LogP contribution >= 0.6 is 0 Å². The Morgan fingerprint density at radius 1 is 0.209 bits per heavy atom. The van der Waals surface area contributed by atoms with Crippen LogP contribution in [0.15, 0.2) is 461 Å². The summed E-state index contributed by atoms with van der Waals surface area (Å²) < 4.78 is 2.37. The number of nitrogens with zero attached hydrogens (tertiary/aromatic N) is 4. The number of hydrogen-bond acceptors (Lipinski definition) is 3. The Kier molecular flexibility index (Phi) is 18.2. The van der Waals surface area contributed by atoms with Gasteiger partial charge >= 0.3 is 0 Å². The molecule has 22 rings (SSSR count). The fourth-order valence-electron chi connectivity index (χ4n) is 17.8. The summed E-state index contributed by atoms with van der Waals surface area (Å²) in [6.07, 6.45) is 3.75. The summed E-state index contributed by atoms with van der Waals surface area (Å²) in [5.41, 5.74) is 31.0. The van der Waals surface area contributed by atoms with Gasteiger partial charge < -0.3 is 9.47 Å². The van der Waals surface area contributed by atoms with E-state index in [1.807, 2.05) is 24.5 Å². The van der Waals surface area contributed by atoms with Gasteiger partial charge in [0.15, 0.2) is 0 Å². The van der Waals surface area contributed by atoms with Gasteiger partial charge in [-0.2, -0.15) is 0 Å². The second-order valence-electron chi connectivity index (χ2n) is 29.3. The molecule has 540 valence electrons. The summed E-state index contributed by atoms with van der Waals surface area (Å²) >= 11 is 0. The summed E-state index contributed by atoms with van der Waals surface area (Å²) in [6, 6.07) is 161. The third-order valence-corrected chi connectivity index (χ3v) is 22.9. The van der Waals surface area contributed by atoms with E-state index in [0.29, 0.717) is 0 Å². The number of anilines is 3. The number of benzene rings is 18. The van der Waals surface area contributed by atoms with Gasteiger partial charge in [-0.1, -0.05) is 370 Å². The molecule has 0 atom stereocenters. The largest absolute Gasteiger partial charge is 0.311 e. The maximum Gasteiger partial charge on any atom is 0.0970 e. The van der Waals surface area contributed by atoms with Gasteiger partial charge in [-0.15, -0.1) is 0 Å². The fourth-order valence-corrected chi connectivity index (χ4v) is 17.8. The molecular formula is C111H76N4. The van der Waals surface area contributed by atoms with E-state index >= 15 is 0 Å². The molecule has 3 aromatic heterocycles. The summed E-state index contributed by atoms with van der Waals surface area (Å²) in [4.78, 5) is 11.7. The van der Waals surface area contributed by atoms with Gasteiger partial charge in [0.05, 0.1) is 27.5 Å². The van der Waals surface area contributed by atoms with Crippen molar-refractivity contribution < 1.29 is 0 Å². The van der Waals surface area contributed by atoms with Gasteiger partial charge in [-0.05, 0) is 201 Å². The van der Waals surface area contributed by atoms with E-state index in [2.05, 4.69) is 456 Å². The van der Waals surface area contributed by atoms with Crippen molar-refractivity contribution in [3.63, 3.8) is 0 Å². The second kappa shape index (κ2) is 30.3. The molecule has 21 aromatic rings. The van der Waals surface area contributed by atoms with Crippen LogP contribution in [0.5, 0.6) is 0 Å². The Morgan fingerprint density at radius 3 is 1.06 bits per heavy atom. The standard InChI is InChI=1S/C44H29N.C43H31N.C24H16N2/c1-3-13-31(14-4-1)43-36-18-7-9-20-38(36)44(39-21-10-8-19-37(39)43)32-25-23-30(24-26-32)33-27-28-42-40(29-33)35-17-11-12-22-41(35)45(42)34-15-5-2-6-16-34;1-4-14-32(15-5-1)33-24-28-37(29-25-33)44(36-18-8-3-9-19-36)38-30-26-35(27-31-38)43(34-16-6-2-7-17-34)41-22-12-10-20-39(41)40-21-11-13-23-42(40)43;1-3-7-17(8-4-1)19-13-15-25-23-21(19)11-12-22-20(14-16-26-24(22)23)18-9-5-2-6-10-18/h1-29H;1-31H;1-16H. The molecule has 4 nitrogen and oxygen atoms in total. The maximum atomic E-state index is 4.67. The van der Waals surface area contributed by atoms with Crippen LogP contribution in [-0.2, 0) is 5.41 Å². The lowest BCUT2D eigenvalue weighted by Gasteiger charge is -2.34. The summed E-state index contributed by atoms with van der Waals surface area (Å²) in [5.74, 6) is 0. The molecule has 18 aromatic carbocycles. The minimum absolute atomic E-state index is 0.401. The van der Waals surface area contributed by atoms with Crippen LogP contribution < -0.4 is 4.90 Å². The van der Waals surface area contributed by atoms with Crippen molar-refractivity contribution in [3.05, 3.63) is 484 Å². The molecule has 0 amide bonds. The van der Waals surface area contributed by atoms with Crippen LogP contribution in [0, 0.1) is 0 Å². The average Bonchev–Trinajstić information content (AvgIpc) is 1.56. The molecule has 4 heteroatoms. The predicted molar refractivity (Wildman–Crippen MR) is 484 cm³/mol. The van der Waals surface area contributed by atoms with Crippen molar-refractivity contribution in [2.45, 2.75) is 5.41 Å². The number of pyridine rings is 2. The minimum Gasteiger partial charge on any atom is -0.311 e. The highest BCUT2D eigenvalue weighted by Crippen LogP contribution is 2.57. The first-order chi connectivity index (χ1) is 57.1. The lowest BCUT2D eigenvalue weighted by Crippen LogP contribution is -2.28. The molecule has 0 bridgehead atoms. The fraction of sp³-hybridized carbons (Fsp3) is 0.00901. The molecule has 0 saturated heterocycles. The van der Waals surface area contributed by atoms with Crippen molar-refractivity contribution in [1.82, 2.24) is 14.5 Å². The van der Waals surface area contributed by atoms with Gasteiger partial charge in [-0.25, -0.2) is 0 Å². The van der Waals surface area contributed by atoms with Crippen LogP contribution in [-0.4, -0.2) is 14.5 Å². The molecule has 0 N–H and O–H groups in total. The molecule has 0 aliphatic heterocycles. The highest BCUT2D eigenvalue weighted by Gasteiger charge is 2.46. The molecule has 1 aliphatic carbocycles. The normalized spacial score (nSPS) is 11.9. The Balaban J connectivity index is 0.000000116. The third kappa shape index (κ3) is 12.6. The predicted octanol–water partition coefficient (Wildman–Crippen LogP) is 29.4. The van der Waals surface area contributed by atoms with E-state index < -0.39 is 5.41 Å². The van der Waals surface area contributed by atoms with Crippen molar-refractivity contribution >= 4 is 82.2 Å². The Morgan fingerprint density at radius 2 is 0.548 bits per heavy atom. The number of aromatic nitrogens is 3. The summed E-state index contributed by atoms with van der Waals surface area (Å²) in [5, 5.41) is 9.91. The topological polar surface area (TPSA) is 34.0 Å². The van der Waals surface area contributed by atoms with Gasteiger partial charge in [0.2, 0.25) is 0 Å². The monoisotopic (exact) mass is 1460 g/mol. The van der Waals surface area contributed by atoms with Crippen LogP contribution in [0.3, 0.4) is 0 Å². The van der Waals surface area contributed by atoms with Crippen molar-refractivity contribution in [2.75, 3.05) is 4.90 Å². The quantitative estimate of drug-likeness (QED) is 0.0903. The van der Waals surface area contributed by atoms with Crippen LogP contribution in [0.25, 0.3) is 149 Å². The first-order valence-corrected chi connectivity index (χ1v) is 39.4. The van der Waals surface area contributed by atoms with Crippen molar-refractivity contribution in [2.24, 2.45) is 0 Å². The molecular weight excluding hydrogens is 1390 g/mol. The molecule has 0 fully saturated rings. The van der Waals surface area contributed by atoms with Gasteiger partial charge in [0.25, 0.3) is 0 Å². The highest BCUT2D eigenvalue weighted by atomic mass is 15.1. The molecule has 3 heterocycles. The summed E-state index contributed by atoms with van der Waals surface area (Å²) in [6.45, 7) is 0.